The Morgan fingerprint density at radius 2 is 2.47 bits per heavy atom. The molecule has 0 aliphatic heterocycles. The molecule has 0 saturated heterocycles. The fourth-order valence-electron chi connectivity index (χ4n) is 1.05. The Kier molecular flexibility index (Phi) is 3.17. The number of carboxylic acids is 1. The lowest BCUT2D eigenvalue weighted by molar-refractivity contribution is -0.390. The fourth-order valence-corrected chi connectivity index (χ4v) is 1.05. The van der Waals surface area contributed by atoms with E-state index in [0.717, 1.165) is 6.08 Å². The molecule has 1 heterocycles. The van der Waals surface area contributed by atoms with E-state index in [2.05, 4.69) is 5.10 Å². The number of hydrogen-bond acceptors (Lipinski definition) is 4. The highest BCUT2D eigenvalue weighted by molar-refractivity contribution is 5.79. The lowest BCUT2D eigenvalue weighted by Gasteiger charge is -1.87. The van der Waals surface area contributed by atoms with Gasteiger partial charge in [-0.05, 0) is 11.8 Å². The average molecular weight is 211 g/mol. The molecular formula is C8H9N3O4. The molecule has 15 heavy (non-hydrogen) atoms. The summed E-state index contributed by atoms with van der Waals surface area (Å²) in [4.78, 5) is 20.0. The number of aryl methyl sites for hydroxylation is 1. The summed E-state index contributed by atoms with van der Waals surface area (Å²) in [6.45, 7) is 1.77. The molecule has 1 rings (SSSR count). The highest BCUT2D eigenvalue weighted by atomic mass is 16.6. The predicted octanol–water partition coefficient (Wildman–Crippen LogP) is 0.741. The Morgan fingerprint density at radius 3 is 2.93 bits per heavy atom. The molecule has 1 aromatic heterocycles. The van der Waals surface area contributed by atoms with Gasteiger partial charge in [0.15, 0.2) is 0 Å². The summed E-state index contributed by atoms with van der Waals surface area (Å²) in [6, 6.07) is 0. The zero-order chi connectivity index (χ0) is 11.4. The van der Waals surface area contributed by atoms with Crippen LogP contribution in [0, 0.1) is 17.0 Å². The van der Waals surface area contributed by atoms with Gasteiger partial charge in [0.25, 0.3) is 0 Å². The molecule has 1 N–H and O–H groups in total. The number of aliphatic carboxylic acids is 1. The van der Waals surface area contributed by atoms with Crippen LogP contribution in [0.15, 0.2) is 18.3 Å². The molecule has 0 atom stereocenters. The van der Waals surface area contributed by atoms with E-state index in [1.165, 1.54) is 17.0 Å². The van der Waals surface area contributed by atoms with Gasteiger partial charge >= 0.3 is 11.8 Å². The third-order valence-corrected chi connectivity index (χ3v) is 1.64. The zero-order valence-electron chi connectivity index (χ0n) is 7.95. The molecular weight excluding hydrogens is 202 g/mol. The first kappa shape index (κ1) is 10.9. The van der Waals surface area contributed by atoms with Crippen molar-refractivity contribution in [1.29, 1.82) is 0 Å². The van der Waals surface area contributed by atoms with E-state index in [-0.39, 0.29) is 12.4 Å². The first-order chi connectivity index (χ1) is 7.00. The topological polar surface area (TPSA) is 98.3 Å². The molecule has 7 heteroatoms. The summed E-state index contributed by atoms with van der Waals surface area (Å²) in [5.74, 6) is -1.27. The second-order valence-corrected chi connectivity index (χ2v) is 2.86. The van der Waals surface area contributed by atoms with Crippen LogP contribution in [0.5, 0.6) is 0 Å². The summed E-state index contributed by atoms with van der Waals surface area (Å²) in [7, 11) is 0. The second-order valence-electron chi connectivity index (χ2n) is 2.86. The van der Waals surface area contributed by atoms with Crippen LogP contribution in [0.1, 0.15) is 5.56 Å². The molecule has 0 fully saturated rings. The van der Waals surface area contributed by atoms with E-state index in [0.29, 0.717) is 5.56 Å². The summed E-state index contributed by atoms with van der Waals surface area (Å²) >= 11 is 0. The van der Waals surface area contributed by atoms with Crippen molar-refractivity contribution in [1.82, 2.24) is 9.78 Å². The lowest BCUT2D eigenvalue weighted by atomic mass is 10.4. The third kappa shape index (κ3) is 2.90. The minimum atomic E-state index is -1.06. The van der Waals surface area contributed by atoms with Gasteiger partial charge in [-0.3, -0.25) is 0 Å². The van der Waals surface area contributed by atoms with Gasteiger partial charge in [-0.15, -0.1) is 0 Å². The van der Waals surface area contributed by atoms with Gasteiger partial charge in [0, 0.05) is 6.08 Å². The minimum Gasteiger partial charge on any atom is -0.478 e. The van der Waals surface area contributed by atoms with E-state index >= 15 is 0 Å². The zero-order valence-corrected chi connectivity index (χ0v) is 7.95. The second kappa shape index (κ2) is 4.36. The van der Waals surface area contributed by atoms with Crippen molar-refractivity contribution in [2.45, 2.75) is 13.5 Å². The maximum absolute atomic E-state index is 10.4. The smallest absolute Gasteiger partial charge is 0.392 e. The molecule has 0 aromatic carbocycles. The van der Waals surface area contributed by atoms with E-state index < -0.39 is 10.9 Å². The highest BCUT2D eigenvalue weighted by Gasteiger charge is 2.15. The van der Waals surface area contributed by atoms with Crippen LogP contribution in [-0.4, -0.2) is 25.8 Å². The molecule has 7 nitrogen and oxygen atoms in total. The average Bonchev–Trinajstić information content (AvgIpc) is 2.46. The van der Waals surface area contributed by atoms with Gasteiger partial charge in [-0.1, -0.05) is 6.08 Å². The van der Waals surface area contributed by atoms with Crippen molar-refractivity contribution in [2.75, 3.05) is 0 Å². The Morgan fingerprint density at radius 1 is 1.80 bits per heavy atom. The van der Waals surface area contributed by atoms with E-state index in [9.17, 15) is 14.9 Å². The summed E-state index contributed by atoms with van der Waals surface area (Å²) in [5, 5.41) is 22.4. The van der Waals surface area contributed by atoms with Gasteiger partial charge in [-0.2, -0.15) is 4.68 Å². The molecule has 0 unspecified atom stereocenters. The molecule has 0 spiro atoms. The maximum Gasteiger partial charge on any atom is 0.392 e. The van der Waals surface area contributed by atoms with Crippen LogP contribution >= 0.6 is 0 Å². The van der Waals surface area contributed by atoms with E-state index in [1.807, 2.05) is 0 Å². The van der Waals surface area contributed by atoms with Gasteiger partial charge in [0.05, 0.1) is 23.4 Å². The maximum atomic E-state index is 10.4. The van der Waals surface area contributed by atoms with Crippen LogP contribution in [0.4, 0.5) is 5.82 Å². The molecule has 80 valence electrons. The van der Waals surface area contributed by atoms with Gasteiger partial charge in [0.2, 0.25) is 0 Å². The van der Waals surface area contributed by atoms with E-state index in [4.69, 9.17) is 5.11 Å². The Bertz CT molecular complexity index is 422. The number of carboxylic acid groups (broad SMARTS) is 1. The van der Waals surface area contributed by atoms with Gasteiger partial charge in [0.1, 0.15) is 0 Å². The number of allylic oxidation sites excluding steroid dienone is 1. The number of nitro groups is 1. The first-order valence-electron chi connectivity index (χ1n) is 4.08. The predicted molar refractivity (Wildman–Crippen MR) is 50.4 cm³/mol. The normalized spacial score (nSPS) is 10.7. The summed E-state index contributed by atoms with van der Waals surface area (Å²) in [6.07, 6.45) is 3.81. The molecule has 0 saturated carbocycles. The minimum absolute atomic E-state index is 0.195. The molecule has 0 bridgehead atoms. The largest absolute Gasteiger partial charge is 0.478 e. The van der Waals surface area contributed by atoms with Gasteiger partial charge < -0.3 is 15.2 Å². The molecule has 0 amide bonds. The molecule has 0 aliphatic carbocycles. The van der Waals surface area contributed by atoms with Crippen molar-refractivity contribution in [2.24, 2.45) is 0 Å². The third-order valence-electron chi connectivity index (χ3n) is 1.64. The van der Waals surface area contributed by atoms with Crippen LogP contribution < -0.4 is 0 Å². The first-order valence-corrected chi connectivity index (χ1v) is 4.08. The number of carbonyl (C=O) groups is 1. The lowest BCUT2D eigenvalue weighted by Crippen LogP contribution is -1.98. The number of rotatable bonds is 4. The summed E-state index contributed by atoms with van der Waals surface area (Å²) < 4.78 is 1.31. The Labute approximate surface area is 84.8 Å². The number of aromatic nitrogens is 2. The molecule has 0 radical (unpaired) electrons. The van der Waals surface area contributed by atoms with Crippen molar-refractivity contribution in [3.05, 3.63) is 34.0 Å². The van der Waals surface area contributed by atoms with Gasteiger partial charge in [-0.25, -0.2) is 4.79 Å². The van der Waals surface area contributed by atoms with Crippen LogP contribution in [-0.2, 0) is 11.3 Å². The van der Waals surface area contributed by atoms with Crippen LogP contribution in [0.3, 0.4) is 0 Å². The Hall–Kier alpha value is -2.18. The molecule has 1 aromatic rings. The quantitative estimate of drug-likeness (QED) is 0.450. The fraction of sp³-hybridized carbons (Fsp3) is 0.250. The highest BCUT2D eigenvalue weighted by Crippen LogP contribution is 2.13. The van der Waals surface area contributed by atoms with E-state index in [1.54, 1.807) is 6.92 Å². The van der Waals surface area contributed by atoms with Crippen molar-refractivity contribution >= 4 is 11.8 Å². The van der Waals surface area contributed by atoms with Crippen molar-refractivity contribution in [3.8, 4) is 0 Å². The SMILES string of the molecule is Cc1cn(CC=CC(=O)O)nc1[N+](=O)[O-]. The van der Waals surface area contributed by atoms with Crippen molar-refractivity contribution < 1.29 is 14.8 Å². The number of hydrogen-bond donors (Lipinski definition) is 1. The van der Waals surface area contributed by atoms with Crippen molar-refractivity contribution in [3.63, 3.8) is 0 Å². The van der Waals surface area contributed by atoms with Crippen LogP contribution in [0.2, 0.25) is 0 Å². The standard InChI is InChI=1S/C8H9N3O4/c1-6-5-10(4-2-3-7(12)13)9-8(6)11(14)15/h2-3,5H,4H2,1H3,(H,12,13). The number of nitrogens with zero attached hydrogens (tertiary/aromatic N) is 3. The van der Waals surface area contributed by atoms with Crippen LogP contribution in [0.25, 0.3) is 0 Å². The Balaban J connectivity index is 2.76. The molecule has 0 aliphatic rings. The summed E-state index contributed by atoms with van der Waals surface area (Å²) in [5.41, 5.74) is 0.448. The monoisotopic (exact) mass is 211 g/mol.